The number of halogens is 1. The molecular formula is C21H24ClN3O6. The highest BCUT2D eigenvalue weighted by atomic mass is 35.5. The van der Waals surface area contributed by atoms with Crippen molar-refractivity contribution in [2.75, 3.05) is 39.7 Å². The predicted octanol–water partition coefficient (Wildman–Crippen LogP) is 2.16. The van der Waals surface area contributed by atoms with E-state index in [1.165, 1.54) is 33.5 Å². The van der Waals surface area contributed by atoms with Crippen LogP contribution < -0.4 is 30.2 Å². The minimum absolute atomic E-state index is 0.217. The third-order valence-corrected chi connectivity index (χ3v) is 4.49. The van der Waals surface area contributed by atoms with Gasteiger partial charge < -0.3 is 30.2 Å². The first-order valence-electron chi connectivity index (χ1n) is 9.20. The topological polar surface area (TPSA) is 115 Å². The van der Waals surface area contributed by atoms with Gasteiger partial charge >= 0.3 is 0 Å². The van der Waals surface area contributed by atoms with E-state index >= 15 is 0 Å². The van der Waals surface area contributed by atoms with Gasteiger partial charge in [0.25, 0.3) is 5.91 Å². The van der Waals surface area contributed by atoms with Crippen molar-refractivity contribution in [3.63, 3.8) is 0 Å². The number of rotatable bonds is 9. The summed E-state index contributed by atoms with van der Waals surface area (Å²) in [5.41, 5.74) is 1.62. The van der Waals surface area contributed by atoms with Crippen LogP contribution in [0.3, 0.4) is 0 Å². The summed E-state index contributed by atoms with van der Waals surface area (Å²) in [6, 6.07) is 8.13. The lowest BCUT2D eigenvalue weighted by atomic mass is 10.1. The quantitative estimate of drug-likeness (QED) is 0.540. The van der Waals surface area contributed by atoms with E-state index in [4.69, 9.17) is 25.8 Å². The molecule has 166 valence electrons. The van der Waals surface area contributed by atoms with Crippen LogP contribution in [0.4, 0.5) is 5.69 Å². The molecule has 10 heteroatoms. The van der Waals surface area contributed by atoms with Crippen LogP contribution in [0, 0.1) is 6.92 Å². The average molecular weight is 450 g/mol. The lowest BCUT2D eigenvalue weighted by Gasteiger charge is -2.14. The molecule has 0 heterocycles. The number of hydrogen-bond acceptors (Lipinski definition) is 6. The van der Waals surface area contributed by atoms with Gasteiger partial charge in [0.1, 0.15) is 0 Å². The molecule has 0 aromatic heterocycles. The minimum atomic E-state index is -0.536. The first kappa shape index (κ1) is 23.8. The summed E-state index contributed by atoms with van der Waals surface area (Å²) in [7, 11) is 4.32. The Kier molecular flexibility index (Phi) is 8.51. The van der Waals surface area contributed by atoms with Gasteiger partial charge in [-0.05, 0) is 36.8 Å². The predicted molar refractivity (Wildman–Crippen MR) is 116 cm³/mol. The van der Waals surface area contributed by atoms with E-state index in [0.717, 1.165) is 5.56 Å². The maximum Gasteiger partial charge on any atom is 0.251 e. The van der Waals surface area contributed by atoms with Crippen molar-refractivity contribution in [2.24, 2.45) is 0 Å². The van der Waals surface area contributed by atoms with Crippen molar-refractivity contribution in [1.29, 1.82) is 0 Å². The molecule has 0 fully saturated rings. The molecule has 3 amide bonds. The molecule has 2 aromatic carbocycles. The van der Waals surface area contributed by atoms with Crippen LogP contribution in [0.25, 0.3) is 0 Å². The summed E-state index contributed by atoms with van der Waals surface area (Å²) in [6.45, 7) is 1.28. The van der Waals surface area contributed by atoms with Gasteiger partial charge in [0.05, 0.1) is 45.1 Å². The van der Waals surface area contributed by atoms with Gasteiger partial charge in [0, 0.05) is 5.56 Å². The second-order valence-electron chi connectivity index (χ2n) is 6.40. The minimum Gasteiger partial charge on any atom is -0.493 e. The third kappa shape index (κ3) is 6.51. The fourth-order valence-electron chi connectivity index (χ4n) is 2.63. The van der Waals surface area contributed by atoms with Crippen molar-refractivity contribution in [3.05, 3.63) is 46.5 Å². The number of anilines is 1. The highest BCUT2D eigenvalue weighted by Gasteiger charge is 2.17. The SMILES string of the molecule is COc1cc(C(=O)NCC(=O)NCC(=O)Nc2ccc(C)cc2Cl)cc(OC)c1OC. The lowest BCUT2D eigenvalue weighted by Crippen LogP contribution is -2.40. The fraction of sp³-hybridized carbons (Fsp3) is 0.286. The molecule has 3 N–H and O–H groups in total. The Hall–Kier alpha value is -3.46. The van der Waals surface area contributed by atoms with Crippen molar-refractivity contribution < 1.29 is 28.6 Å². The maximum atomic E-state index is 12.4. The van der Waals surface area contributed by atoms with E-state index in [1.54, 1.807) is 18.2 Å². The van der Waals surface area contributed by atoms with Crippen molar-refractivity contribution >= 4 is 35.0 Å². The molecule has 0 aliphatic heterocycles. The van der Waals surface area contributed by atoms with Crippen LogP contribution in [0.5, 0.6) is 17.2 Å². The second kappa shape index (κ2) is 11.1. The van der Waals surface area contributed by atoms with Gasteiger partial charge in [-0.1, -0.05) is 17.7 Å². The Morgan fingerprint density at radius 3 is 2.03 bits per heavy atom. The monoisotopic (exact) mass is 449 g/mol. The van der Waals surface area contributed by atoms with Gasteiger partial charge in [0.2, 0.25) is 17.6 Å². The van der Waals surface area contributed by atoms with Gasteiger partial charge in [-0.3, -0.25) is 14.4 Å². The number of benzene rings is 2. The zero-order chi connectivity index (χ0) is 23.0. The summed E-state index contributed by atoms with van der Waals surface area (Å²) in [5, 5.41) is 7.90. The van der Waals surface area contributed by atoms with Gasteiger partial charge in [-0.25, -0.2) is 0 Å². The van der Waals surface area contributed by atoms with Gasteiger partial charge in [-0.15, -0.1) is 0 Å². The van der Waals surface area contributed by atoms with Crippen LogP contribution in [-0.4, -0.2) is 52.1 Å². The Labute approximate surface area is 185 Å². The summed E-state index contributed by atoms with van der Waals surface area (Å²) >= 11 is 6.07. The highest BCUT2D eigenvalue weighted by molar-refractivity contribution is 6.33. The first-order chi connectivity index (χ1) is 14.8. The number of carbonyl (C=O) groups is 3. The van der Waals surface area contributed by atoms with Crippen LogP contribution in [0.2, 0.25) is 5.02 Å². The lowest BCUT2D eigenvalue weighted by molar-refractivity contribution is -0.123. The number of carbonyl (C=O) groups excluding carboxylic acids is 3. The average Bonchev–Trinajstić information content (AvgIpc) is 2.76. The number of aryl methyl sites for hydroxylation is 1. The van der Waals surface area contributed by atoms with E-state index in [-0.39, 0.29) is 18.7 Å². The van der Waals surface area contributed by atoms with E-state index in [2.05, 4.69) is 16.0 Å². The molecule has 0 bridgehead atoms. The smallest absolute Gasteiger partial charge is 0.251 e. The summed E-state index contributed by atoms with van der Waals surface area (Å²) < 4.78 is 15.6. The Balaban J connectivity index is 1.88. The molecule has 2 rings (SSSR count). The van der Waals surface area contributed by atoms with E-state index < -0.39 is 17.7 Å². The standard InChI is InChI=1S/C21H24ClN3O6/c1-12-5-6-15(14(22)7-12)25-19(27)11-23-18(26)10-24-21(28)13-8-16(29-2)20(31-4)17(9-13)30-3/h5-9H,10-11H2,1-4H3,(H,23,26)(H,24,28)(H,25,27). The molecule has 2 aromatic rings. The summed E-state index contributed by atoms with van der Waals surface area (Å²) in [6.07, 6.45) is 0. The highest BCUT2D eigenvalue weighted by Crippen LogP contribution is 2.38. The first-order valence-corrected chi connectivity index (χ1v) is 9.57. The molecule has 9 nitrogen and oxygen atoms in total. The van der Waals surface area contributed by atoms with Crippen LogP contribution >= 0.6 is 11.6 Å². The molecule has 0 saturated heterocycles. The molecule has 0 spiro atoms. The molecule has 0 aliphatic carbocycles. The zero-order valence-electron chi connectivity index (χ0n) is 17.6. The van der Waals surface area contributed by atoms with Crippen LogP contribution in [-0.2, 0) is 9.59 Å². The van der Waals surface area contributed by atoms with E-state index in [1.807, 2.05) is 6.92 Å². The molecule has 0 atom stereocenters. The second-order valence-corrected chi connectivity index (χ2v) is 6.81. The third-order valence-electron chi connectivity index (χ3n) is 4.18. The molecule has 0 radical (unpaired) electrons. The van der Waals surface area contributed by atoms with E-state index in [0.29, 0.717) is 28.0 Å². The largest absolute Gasteiger partial charge is 0.493 e. The zero-order valence-corrected chi connectivity index (χ0v) is 18.4. The van der Waals surface area contributed by atoms with Crippen molar-refractivity contribution in [2.45, 2.75) is 6.92 Å². The molecule has 31 heavy (non-hydrogen) atoms. The molecule has 0 aliphatic rings. The number of nitrogens with one attached hydrogen (secondary N) is 3. The Morgan fingerprint density at radius 1 is 0.871 bits per heavy atom. The summed E-state index contributed by atoms with van der Waals surface area (Å²) in [5.74, 6) is -0.545. The molecular weight excluding hydrogens is 426 g/mol. The normalized spacial score (nSPS) is 10.1. The number of methoxy groups -OCH3 is 3. The fourth-order valence-corrected chi connectivity index (χ4v) is 2.91. The van der Waals surface area contributed by atoms with Gasteiger partial charge in [-0.2, -0.15) is 0 Å². The summed E-state index contributed by atoms with van der Waals surface area (Å²) in [4.78, 5) is 36.4. The van der Waals surface area contributed by atoms with Crippen molar-refractivity contribution in [1.82, 2.24) is 10.6 Å². The van der Waals surface area contributed by atoms with Crippen molar-refractivity contribution in [3.8, 4) is 17.2 Å². The number of amides is 3. The Morgan fingerprint density at radius 2 is 1.48 bits per heavy atom. The number of ether oxygens (including phenoxy) is 3. The van der Waals surface area contributed by atoms with Crippen LogP contribution in [0.15, 0.2) is 30.3 Å². The van der Waals surface area contributed by atoms with E-state index in [9.17, 15) is 14.4 Å². The maximum absolute atomic E-state index is 12.4. The number of hydrogen-bond donors (Lipinski definition) is 3. The van der Waals surface area contributed by atoms with Gasteiger partial charge in [0.15, 0.2) is 11.5 Å². The molecule has 0 unspecified atom stereocenters. The van der Waals surface area contributed by atoms with Crippen LogP contribution in [0.1, 0.15) is 15.9 Å². The molecule has 0 saturated carbocycles. The Bertz CT molecular complexity index is 955.